The van der Waals surface area contributed by atoms with Crippen molar-refractivity contribution in [1.82, 2.24) is 4.90 Å². The van der Waals surface area contributed by atoms with Crippen LogP contribution in [-0.4, -0.2) is 38.0 Å². The average molecular weight is 256 g/mol. The third-order valence-corrected chi connectivity index (χ3v) is 2.91. The molecule has 0 saturated carbocycles. The molecule has 0 fully saturated rings. The molecule has 0 aliphatic carbocycles. The molecule has 0 saturated heterocycles. The monoisotopic (exact) mass is 255 g/mol. The number of nitrogen functional groups attached to an aromatic ring is 1. The number of nitrogens with zero attached hydrogens (tertiary/aromatic N) is 2. The molecule has 0 bridgehead atoms. The Kier molecular flexibility index (Phi) is 4.63. The number of carbonyl (C=O) groups is 1. The first-order valence-electron chi connectivity index (χ1n) is 5.45. The largest absolute Gasteiger partial charge is 0.397 e. The van der Waals surface area contributed by atoms with Crippen molar-refractivity contribution in [3.63, 3.8) is 0 Å². The maximum absolute atomic E-state index is 11.8. The Morgan fingerprint density at radius 3 is 2.65 bits per heavy atom. The highest BCUT2D eigenvalue weighted by molar-refractivity contribution is 6.31. The molecule has 0 unspecified atom stereocenters. The molecule has 4 nitrogen and oxygen atoms in total. The molecule has 94 valence electrons. The number of likely N-dealkylation sites (N-methyl/N-ethyl adjacent to an activating group) is 2. The summed E-state index contributed by atoms with van der Waals surface area (Å²) >= 11 is 5.91. The Balaban J connectivity index is 2.79. The zero-order chi connectivity index (χ0) is 13.0. The lowest BCUT2D eigenvalue weighted by molar-refractivity contribution is -0.128. The molecule has 1 aromatic rings. The van der Waals surface area contributed by atoms with Crippen LogP contribution in [0.15, 0.2) is 18.2 Å². The summed E-state index contributed by atoms with van der Waals surface area (Å²) in [6, 6.07) is 5.23. The number of anilines is 2. The van der Waals surface area contributed by atoms with Gasteiger partial charge >= 0.3 is 0 Å². The quantitative estimate of drug-likeness (QED) is 0.836. The van der Waals surface area contributed by atoms with Crippen LogP contribution in [0.2, 0.25) is 5.02 Å². The zero-order valence-electron chi connectivity index (χ0n) is 10.4. The van der Waals surface area contributed by atoms with Crippen LogP contribution < -0.4 is 10.6 Å². The Hall–Kier alpha value is -1.42. The normalized spacial score (nSPS) is 10.1. The van der Waals surface area contributed by atoms with E-state index >= 15 is 0 Å². The van der Waals surface area contributed by atoms with Crippen LogP contribution in [0.5, 0.6) is 0 Å². The highest BCUT2D eigenvalue weighted by Crippen LogP contribution is 2.25. The van der Waals surface area contributed by atoms with E-state index in [1.807, 2.05) is 14.0 Å². The third kappa shape index (κ3) is 3.53. The fourth-order valence-corrected chi connectivity index (χ4v) is 1.60. The Labute approximate surface area is 107 Å². The van der Waals surface area contributed by atoms with E-state index in [9.17, 15) is 4.79 Å². The van der Waals surface area contributed by atoms with Crippen LogP contribution >= 0.6 is 11.6 Å². The molecule has 1 aromatic carbocycles. The van der Waals surface area contributed by atoms with Crippen LogP contribution in [-0.2, 0) is 4.79 Å². The van der Waals surface area contributed by atoms with Crippen LogP contribution in [0, 0.1) is 0 Å². The minimum Gasteiger partial charge on any atom is -0.397 e. The number of carbonyl (C=O) groups excluding carboxylic acids is 1. The van der Waals surface area contributed by atoms with E-state index in [4.69, 9.17) is 17.3 Å². The van der Waals surface area contributed by atoms with Gasteiger partial charge in [0, 0.05) is 25.7 Å². The van der Waals surface area contributed by atoms with Crippen LogP contribution in [0.3, 0.4) is 0 Å². The Morgan fingerprint density at radius 2 is 2.06 bits per heavy atom. The summed E-state index contributed by atoms with van der Waals surface area (Å²) in [7, 11) is 3.60. The van der Waals surface area contributed by atoms with Gasteiger partial charge in [-0.1, -0.05) is 11.6 Å². The van der Waals surface area contributed by atoms with Gasteiger partial charge in [-0.3, -0.25) is 4.79 Å². The van der Waals surface area contributed by atoms with Crippen LogP contribution in [0.4, 0.5) is 11.4 Å². The summed E-state index contributed by atoms with van der Waals surface area (Å²) in [6.45, 7) is 2.91. The van der Waals surface area contributed by atoms with E-state index in [-0.39, 0.29) is 12.5 Å². The number of benzene rings is 1. The summed E-state index contributed by atoms with van der Waals surface area (Å²) in [5.41, 5.74) is 7.24. The van der Waals surface area contributed by atoms with Gasteiger partial charge < -0.3 is 15.5 Å². The van der Waals surface area contributed by atoms with Gasteiger partial charge in [0.25, 0.3) is 0 Å². The molecule has 0 spiro atoms. The molecule has 0 aliphatic rings. The maximum atomic E-state index is 11.8. The van der Waals surface area contributed by atoms with Crippen molar-refractivity contribution in [3.8, 4) is 0 Å². The number of amides is 1. The molecule has 0 atom stereocenters. The van der Waals surface area contributed by atoms with E-state index in [1.54, 1.807) is 35.0 Å². The van der Waals surface area contributed by atoms with Gasteiger partial charge in [0.1, 0.15) is 0 Å². The summed E-state index contributed by atoms with van der Waals surface area (Å²) in [4.78, 5) is 15.2. The summed E-state index contributed by atoms with van der Waals surface area (Å²) < 4.78 is 0. The van der Waals surface area contributed by atoms with Gasteiger partial charge in [0.2, 0.25) is 5.91 Å². The van der Waals surface area contributed by atoms with Crippen molar-refractivity contribution < 1.29 is 4.79 Å². The van der Waals surface area contributed by atoms with Crippen molar-refractivity contribution in [2.45, 2.75) is 6.92 Å². The van der Waals surface area contributed by atoms with Gasteiger partial charge in [-0.25, -0.2) is 0 Å². The van der Waals surface area contributed by atoms with Crippen molar-refractivity contribution in [2.75, 3.05) is 37.8 Å². The lowest BCUT2D eigenvalue weighted by Crippen LogP contribution is -2.36. The van der Waals surface area contributed by atoms with Crippen molar-refractivity contribution in [1.29, 1.82) is 0 Å². The molecule has 1 rings (SSSR count). The number of rotatable bonds is 4. The van der Waals surface area contributed by atoms with Crippen molar-refractivity contribution >= 4 is 28.9 Å². The number of hydrogen-bond donors (Lipinski definition) is 1. The zero-order valence-corrected chi connectivity index (χ0v) is 11.2. The Bertz CT molecular complexity index is 409. The minimum absolute atomic E-state index is 0.0503. The topological polar surface area (TPSA) is 49.6 Å². The second kappa shape index (κ2) is 5.77. The van der Waals surface area contributed by atoms with Gasteiger partial charge in [0.15, 0.2) is 0 Å². The molecule has 17 heavy (non-hydrogen) atoms. The predicted molar refractivity (Wildman–Crippen MR) is 72.4 cm³/mol. The SMILES string of the molecule is CCN(C)C(=O)CN(C)c1cc(Cl)ccc1N. The molecule has 0 aliphatic heterocycles. The van der Waals surface area contributed by atoms with Crippen molar-refractivity contribution in [3.05, 3.63) is 23.2 Å². The number of nitrogens with two attached hydrogens (primary N) is 1. The highest BCUT2D eigenvalue weighted by Gasteiger charge is 2.12. The average Bonchev–Trinajstić information content (AvgIpc) is 2.30. The molecule has 0 aromatic heterocycles. The van der Waals surface area contributed by atoms with E-state index in [2.05, 4.69) is 0 Å². The van der Waals surface area contributed by atoms with Crippen molar-refractivity contribution in [2.24, 2.45) is 0 Å². The second-order valence-corrected chi connectivity index (χ2v) is 4.40. The standard InChI is InChI=1S/C12H18ClN3O/c1-4-15(2)12(17)8-16(3)11-7-9(13)5-6-10(11)14/h5-7H,4,8,14H2,1-3H3. The van der Waals surface area contributed by atoms with E-state index < -0.39 is 0 Å². The fourth-order valence-electron chi connectivity index (χ4n) is 1.43. The second-order valence-electron chi connectivity index (χ2n) is 3.97. The van der Waals surface area contributed by atoms with E-state index in [0.717, 1.165) is 5.69 Å². The molecular weight excluding hydrogens is 238 g/mol. The molecule has 0 heterocycles. The first-order chi connectivity index (χ1) is 7.95. The Morgan fingerprint density at radius 1 is 1.41 bits per heavy atom. The molecule has 5 heteroatoms. The predicted octanol–water partition coefficient (Wildman–Crippen LogP) is 1.84. The maximum Gasteiger partial charge on any atom is 0.241 e. The lowest BCUT2D eigenvalue weighted by atomic mass is 10.2. The minimum atomic E-state index is 0.0503. The fraction of sp³-hybridized carbons (Fsp3) is 0.417. The van der Waals surface area contributed by atoms with Gasteiger partial charge in [-0.05, 0) is 25.1 Å². The first kappa shape index (κ1) is 13.6. The molecule has 0 radical (unpaired) electrons. The third-order valence-electron chi connectivity index (χ3n) is 2.68. The first-order valence-corrected chi connectivity index (χ1v) is 5.83. The van der Waals surface area contributed by atoms with E-state index in [0.29, 0.717) is 17.3 Å². The number of hydrogen-bond acceptors (Lipinski definition) is 3. The molecule has 1 amide bonds. The highest BCUT2D eigenvalue weighted by atomic mass is 35.5. The molecular formula is C12H18ClN3O. The van der Waals surface area contributed by atoms with Gasteiger partial charge in [0.05, 0.1) is 17.9 Å². The smallest absolute Gasteiger partial charge is 0.241 e. The molecule has 2 N–H and O–H groups in total. The summed E-state index contributed by atoms with van der Waals surface area (Å²) in [5, 5.41) is 0.609. The van der Waals surface area contributed by atoms with Gasteiger partial charge in [-0.15, -0.1) is 0 Å². The summed E-state index contributed by atoms with van der Waals surface area (Å²) in [6.07, 6.45) is 0. The summed E-state index contributed by atoms with van der Waals surface area (Å²) in [5.74, 6) is 0.0503. The van der Waals surface area contributed by atoms with Crippen LogP contribution in [0.1, 0.15) is 6.92 Å². The van der Waals surface area contributed by atoms with Gasteiger partial charge in [-0.2, -0.15) is 0 Å². The van der Waals surface area contributed by atoms with Crippen LogP contribution in [0.25, 0.3) is 0 Å². The lowest BCUT2D eigenvalue weighted by Gasteiger charge is -2.23. The number of halogens is 1. The van der Waals surface area contributed by atoms with E-state index in [1.165, 1.54) is 0 Å².